The molecule has 3 amide bonds. The monoisotopic (exact) mass is 411 g/mol. The summed E-state index contributed by atoms with van der Waals surface area (Å²) in [6.07, 6.45) is 3.52. The number of aromatic nitrogens is 1. The van der Waals surface area contributed by atoms with Gasteiger partial charge in [0.1, 0.15) is 17.4 Å². The van der Waals surface area contributed by atoms with Crippen LogP contribution in [0.15, 0.2) is 54.9 Å². The molecule has 150 valence electrons. The summed E-state index contributed by atoms with van der Waals surface area (Å²) >= 11 is 1.21. The van der Waals surface area contributed by atoms with Crippen LogP contribution < -0.4 is 26.4 Å². The molecule has 3 rings (SSSR count). The molecule has 0 bridgehead atoms. The van der Waals surface area contributed by atoms with E-state index < -0.39 is 11.9 Å². The number of hydrogen-bond donors (Lipinski definition) is 3. The van der Waals surface area contributed by atoms with E-state index in [1.54, 1.807) is 18.5 Å². The maximum Gasteiger partial charge on any atom is 0.317 e. The van der Waals surface area contributed by atoms with Crippen LogP contribution in [-0.2, 0) is 0 Å². The van der Waals surface area contributed by atoms with Crippen molar-refractivity contribution in [3.05, 3.63) is 60.4 Å². The van der Waals surface area contributed by atoms with Crippen LogP contribution in [0.25, 0.3) is 10.4 Å². The summed E-state index contributed by atoms with van der Waals surface area (Å²) in [7, 11) is 1.96. The lowest BCUT2D eigenvalue weighted by Crippen LogP contribution is -2.23. The van der Waals surface area contributed by atoms with Crippen molar-refractivity contribution in [1.29, 1.82) is 0 Å². The van der Waals surface area contributed by atoms with Crippen LogP contribution >= 0.6 is 11.3 Å². The highest BCUT2D eigenvalue weighted by atomic mass is 32.1. The highest BCUT2D eigenvalue weighted by Crippen LogP contribution is 2.39. The lowest BCUT2D eigenvalue weighted by atomic mass is 10.1. The quantitative estimate of drug-likeness (QED) is 0.526. The van der Waals surface area contributed by atoms with Gasteiger partial charge in [-0.2, -0.15) is 0 Å². The smallest absolute Gasteiger partial charge is 0.317 e. The summed E-state index contributed by atoms with van der Waals surface area (Å²) in [5.74, 6) is 0.0164. The van der Waals surface area contributed by atoms with Crippen molar-refractivity contribution in [2.24, 2.45) is 11.5 Å². The second-order valence-corrected chi connectivity index (χ2v) is 7.24. The molecule has 29 heavy (non-hydrogen) atoms. The average molecular weight is 411 g/mol. The molecular formula is C20H21N5O3S. The van der Waals surface area contributed by atoms with Crippen LogP contribution in [0.1, 0.15) is 10.4 Å². The number of ether oxygens (including phenoxy) is 1. The van der Waals surface area contributed by atoms with Crippen molar-refractivity contribution in [2.45, 2.75) is 0 Å². The van der Waals surface area contributed by atoms with Gasteiger partial charge in [-0.05, 0) is 30.3 Å². The van der Waals surface area contributed by atoms with Crippen LogP contribution in [0.4, 0.5) is 15.5 Å². The van der Waals surface area contributed by atoms with E-state index in [0.717, 1.165) is 16.1 Å². The number of pyridine rings is 1. The van der Waals surface area contributed by atoms with E-state index in [1.807, 2.05) is 48.3 Å². The molecule has 2 aromatic heterocycles. The van der Waals surface area contributed by atoms with Gasteiger partial charge in [-0.1, -0.05) is 12.1 Å². The van der Waals surface area contributed by atoms with E-state index in [1.165, 1.54) is 11.3 Å². The summed E-state index contributed by atoms with van der Waals surface area (Å²) in [5, 5.41) is 2.75. The number of nitrogens with zero attached hydrogens (tertiary/aromatic N) is 2. The first-order valence-corrected chi connectivity index (χ1v) is 9.61. The minimum Gasteiger partial charge on any atom is -0.491 e. The number of thiophene rings is 1. The standard InChI is InChI=1S/C20H21N5O3S/c1-25(13-5-4-8-23-12-13)9-10-28-16-7-3-2-6-14(16)17-11-15(18(21)26)19(29-17)24-20(22)27/h2-8,11-12H,9-10H2,1H3,(H2,21,26)(H3,22,24,27). The summed E-state index contributed by atoms with van der Waals surface area (Å²) in [5.41, 5.74) is 12.6. The molecule has 0 radical (unpaired) electrons. The van der Waals surface area contributed by atoms with E-state index in [9.17, 15) is 9.59 Å². The largest absolute Gasteiger partial charge is 0.491 e. The third-order valence-electron chi connectivity index (χ3n) is 4.16. The Labute approximate surface area is 172 Å². The highest BCUT2D eigenvalue weighted by molar-refractivity contribution is 7.20. The van der Waals surface area contributed by atoms with E-state index >= 15 is 0 Å². The topological polar surface area (TPSA) is 124 Å². The maximum absolute atomic E-state index is 11.7. The summed E-state index contributed by atoms with van der Waals surface area (Å²) < 4.78 is 5.99. The van der Waals surface area contributed by atoms with Crippen molar-refractivity contribution in [2.75, 3.05) is 30.4 Å². The lowest BCUT2D eigenvalue weighted by Gasteiger charge is -2.19. The number of amides is 3. The predicted molar refractivity (Wildman–Crippen MR) is 114 cm³/mol. The Hall–Kier alpha value is -3.59. The molecule has 8 nitrogen and oxygen atoms in total. The Morgan fingerprint density at radius 1 is 1.21 bits per heavy atom. The number of urea groups is 1. The number of rotatable bonds is 8. The van der Waals surface area contributed by atoms with Gasteiger partial charge in [-0.15, -0.1) is 11.3 Å². The molecular weight excluding hydrogens is 390 g/mol. The van der Waals surface area contributed by atoms with Gasteiger partial charge < -0.3 is 21.1 Å². The zero-order chi connectivity index (χ0) is 20.8. The lowest BCUT2D eigenvalue weighted by molar-refractivity contribution is 0.100. The molecule has 5 N–H and O–H groups in total. The Morgan fingerprint density at radius 3 is 2.69 bits per heavy atom. The molecule has 0 saturated carbocycles. The molecule has 1 aromatic carbocycles. The number of anilines is 2. The fourth-order valence-corrected chi connectivity index (χ4v) is 3.81. The minimum atomic E-state index is -0.760. The van der Waals surface area contributed by atoms with Gasteiger partial charge in [0.15, 0.2) is 0 Å². The molecule has 0 spiro atoms. The van der Waals surface area contributed by atoms with E-state index in [2.05, 4.69) is 10.3 Å². The number of benzene rings is 1. The van der Waals surface area contributed by atoms with Gasteiger partial charge in [0, 0.05) is 23.7 Å². The van der Waals surface area contributed by atoms with E-state index in [4.69, 9.17) is 16.2 Å². The SMILES string of the molecule is CN(CCOc1ccccc1-c1cc(C(N)=O)c(NC(N)=O)s1)c1cccnc1. The van der Waals surface area contributed by atoms with Gasteiger partial charge in [0.25, 0.3) is 5.91 Å². The maximum atomic E-state index is 11.7. The number of nitrogens with two attached hydrogens (primary N) is 2. The normalized spacial score (nSPS) is 10.4. The van der Waals surface area contributed by atoms with Gasteiger partial charge in [-0.25, -0.2) is 4.79 Å². The Morgan fingerprint density at radius 2 is 2.00 bits per heavy atom. The molecule has 0 saturated heterocycles. The van der Waals surface area contributed by atoms with Crippen molar-refractivity contribution in [1.82, 2.24) is 4.98 Å². The number of primary amides is 2. The van der Waals surface area contributed by atoms with E-state index in [0.29, 0.717) is 23.9 Å². The molecule has 0 atom stereocenters. The van der Waals surface area contributed by atoms with Gasteiger partial charge >= 0.3 is 6.03 Å². The molecule has 3 aromatic rings. The molecule has 0 fully saturated rings. The first-order valence-electron chi connectivity index (χ1n) is 8.79. The fraction of sp³-hybridized carbons (Fsp3) is 0.150. The summed E-state index contributed by atoms with van der Waals surface area (Å²) in [4.78, 5) is 29.8. The van der Waals surface area contributed by atoms with Crippen molar-refractivity contribution in [3.63, 3.8) is 0 Å². The zero-order valence-electron chi connectivity index (χ0n) is 15.8. The average Bonchev–Trinajstić information content (AvgIpc) is 3.12. The zero-order valence-corrected chi connectivity index (χ0v) is 16.6. The van der Waals surface area contributed by atoms with Crippen LogP contribution in [0, 0.1) is 0 Å². The molecule has 9 heteroatoms. The second-order valence-electron chi connectivity index (χ2n) is 6.18. The first-order chi connectivity index (χ1) is 14.0. The Bertz CT molecular complexity index is 1010. The molecule has 0 aliphatic heterocycles. The van der Waals surface area contributed by atoms with Gasteiger partial charge in [0.2, 0.25) is 0 Å². The van der Waals surface area contributed by atoms with Crippen molar-refractivity contribution >= 4 is 34.0 Å². The molecule has 2 heterocycles. The number of carbonyl (C=O) groups excluding carboxylic acids is 2. The van der Waals surface area contributed by atoms with Crippen LogP contribution in [-0.4, -0.2) is 37.1 Å². The Kier molecular flexibility index (Phi) is 6.30. The van der Waals surface area contributed by atoms with Crippen molar-refractivity contribution < 1.29 is 14.3 Å². The van der Waals surface area contributed by atoms with Crippen molar-refractivity contribution in [3.8, 4) is 16.2 Å². The van der Waals surface area contributed by atoms with Crippen LogP contribution in [0.3, 0.4) is 0 Å². The minimum absolute atomic E-state index is 0.204. The third-order valence-corrected chi connectivity index (χ3v) is 5.24. The van der Waals surface area contributed by atoms with Gasteiger partial charge in [-0.3, -0.25) is 15.1 Å². The van der Waals surface area contributed by atoms with Crippen LogP contribution in [0.2, 0.25) is 0 Å². The number of carbonyl (C=O) groups is 2. The number of hydrogen-bond acceptors (Lipinski definition) is 6. The highest BCUT2D eigenvalue weighted by Gasteiger charge is 2.18. The predicted octanol–water partition coefficient (Wildman–Crippen LogP) is 2.91. The number of nitrogens with one attached hydrogen (secondary N) is 1. The summed E-state index contributed by atoms with van der Waals surface area (Å²) in [6, 6.07) is 12.2. The number of likely N-dealkylation sites (N-methyl/N-ethyl adjacent to an activating group) is 1. The van der Waals surface area contributed by atoms with E-state index in [-0.39, 0.29) is 5.56 Å². The molecule has 0 unspecified atom stereocenters. The number of para-hydroxylation sites is 1. The fourth-order valence-electron chi connectivity index (χ4n) is 2.71. The summed E-state index contributed by atoms with van der Waals surface area (Å²) in [6.45, 7) is 1.11. The van der Waals surface area contributed by atoms with Crippen LogP contribution in [0.5, 0.6) is 5.75 Å². The molecule has 0 aliphatic rings. The second kappa shape index (κ2) is 9.07. The third kappa shape index (κ3) is 5.02. The Balaban J connectivity index is 1.77. The first kappa shape index (κ1) is 20.2. The van der Waals surface area contributed by atoms with Gasteiger partial charge in [0.05, 0.1) is 24.0 Å². The molecule has 0 aliphatic carbocycles.